The van der Waals surface area contributed by atoms with Crippen LogP contribution in [0, 0.1) is 0 Å². The lowest BCUT2D eigenvalue weighted by Gasteiger charge is -2.38. The van der Waals surface area contributed by atoms with Gasteiger partial charge in [-0.15, -0.1) is 0 Å². The highest BCUT2D eigenvalue weighted by Crippen LogP contribution is 2.27. The number of rotatable bonds is 7. The standard InChI is InChI=1S/C12H24N4O2S/c1-5-12(6-2,9-13)15(4)19(17,18)11-8-16(7-3)10-14-11/h8,10H,5-7,9,13H2,1-4H3. The Balaban J connectivity index is 3.18. The van der Waals surface area contributed by atoms with E-state index in [1.807, 2.05) is 20.8 Å². The molecule has 0 radical (unpaired) electrons. The van der Waals surface area contributed by atoms with Gasteiger partial charge in [-0.3, -0.25) is 0 Å². The van der Waals surface area contributed by atoms with Gasteiger partial charge >= 0.3 is 0 Å². The first-order valence-corrected chi connectivity index (χ1v) is 8.02. The molecule has 19 heavy (non-hydrogen) atoms. The van der Waals surface area contributed by atoms with Gasteiger partial charge < -0.3 is 10.3 Å². The van der Waals surface area contributed by atoms with Crippen molar-refractivity contribution in [3.63, 3.8) is 0 Å². The molecule has 0 aromatic carbocycles. The van der Waals surface area contributed by atoms with Crippen LogP contribution in [0.3, 0.4) is 0 Å². The summed E-state index contributed by atoms with van der Waals surface area (Å²) in [5.41, 5.74) is 5.26. The minimum Gasteiger partial charge on any atom is -0.336 e. The molecule has 1 heterocycles. The maximum Gasteiger partial charge on any atom is 0.262 e. The highest BCUT2D eigenvalue weighted by Gasteiger charge is 2.38. The Morgan fingerprint density at radius 1 is 1.37 bits per heavy atom. The van der Waals surface area contributed by atoms with Crippen LogP contribution in [0.25, 0.3) is 0 Å². The molecule has 7 heteroatoms. The van der Waals surface area contributed by atoms with Gasteiger partial charge in [0.25, 0.3) is 10.0 Å². The van der Waals surface area contributed by atoms with Crippen LogP contribution in [0.15, 0.2) is 17.6 Å². The Hall–Kier alpha value is -0.920. The van der Waals surface area contributed by atoms with Crippen molar-refractivity contribution >= 4 is 10.0 Å². The molecule has 0 fully saturated rings. The van der Waals surface area contributed by atoms with Crippen LogP contribution in [0.4, 0.5) is 0 Å². The van der Waals surface area contributed by atoms with E-state index in [2.05, 4.69) is 4.98 Å². The first-order chi connectivity index (χ1) is 8.87. The van der Waals surface area contributed by atoms with Crippen molar-refractivity contribution in [3.8, 4) is 0 Å². The van der Waals surface area contributed by atoms with Crippen molar-refractivity contribution in [2.45, 2.75) is 50.7 Å². The minimum absolute atomic E-state index is 0.0802. The van der Waals surface area contributed by atoms with Gasteiger partial charge in [-0.2, -0.15) is 4.31 Å². The van der Waals surface area contributed by atoms with E-state index in [0.29, 0.717) is 25.9 Å². The van der Waals surface area contributed by atoms with E-state index < -0.39 is 15.6 Å². The Morgan fingerprint density at radius 3 is 2.32 bits per heavy atom. The fourth-order valence-corrected chi connectivity index (χ4v) is 3.73. The number of nitrogens with zero attached hydrogens (tertiary/aromatic N) is 3. The van der Waals surface area contributed by atoms with Crippen LogP contribution in [0.1, 0.15) is 33.6 Å². The highest BCUT2D eigenvalue weighted by atomic mass is 32.2. The zero-order chi connectivity index (χ0) is 14.7. The summed E-state index contributed by atoms with van der Waals surface area (Å²) in [5, 5.41) is 0.0802. The SMILES string of the molecule is CCn1cnc(S(=O)(=O)N(C)C(CC)(CC)CN)c1. The lowest BCUT2D eigenvalue weighted by Crippen LogP contribution is -2.53. The third-order valence-corrected chi connectivity index (χ3v) is 5.81. The Kier molecular flexibility index (Phi) is 5.11. The average molecular weight is 288 g/mol. The van der Waals surface area contributed by atoms with Crippen molar-refractivity contribution in [1.29, 1.82) is 0 Å². The largest absolute Gasteiger partial charge is 0.336 e. The number of likely N-dealkylation sites (N-methyl/N-ethyl adjacent to an activating group) is 1. The lowest BCUT2D eigenvalue weighted by molar-refractivity contribution is 0.207. The van der Waals surface area contributed by atoms with Gasteiger partial charge in [-0.1, -0.05) is 13.8 Å². The molecular formula is C12H24N4O2S. The van der Waals surface area contributed by atoms with Crippen molar-refractivity contribution in [3.05, 3.63) is 12.5 Å². The summed E-state index contributed by atoms with van der Waals surface area (Å²) in [6.07, 6.45) is 4.43. The smallest absolute Gasteiger partial charge is 0.262 e. The van der Waals surface area contributed by atoms with Crippen LogP contribution in [0.2, 0.25) is 0 Å². The molecular weight excluding hydrogens is 264 g/mol. The summed E-state index contributed by atoms with van der Waals surface area (Å²) in [5.74, 6) is 0. The molecule has 1 aromatic heterocycles. The molecule has 0 amide bonds. The van der Waals surface area contributed by atoms with Crippen LogP contribution in [0.5, 0.6) is 0 Å². The molecule has 0 saturated heterocycles. The van der Waals surface area contributed by atoms with E-state index in [0.717, 1.165) is 0 Å². The van der Waals surface area contributed by atoms with Gasteiger partial charge in [0.05, 0.1) is 6.33 Å². The molecule has 0 aliphatic rings. The van der Waals surface area contributed by atoms with E-state index in [1.165, 1.54) is 10.6 Å². The first-order valence-electron chi connectivity index (χ1n) is 6.58. The quantitative estimate of drug-likeness (QED) is 0.813. The van der Waals surface area contributed by atoms with Crippen molar-refractivity contribution in [2.75, 3.05) is 13.6 Å². The molecule has 2 N–H and O–H groups in total. The van der Waals surface area contributed by atoms with Gasteiger partial charge in [-0.05, 0) is 19.8 Å². The number of aryl methyl sites for hydroxylation is 1. The van der Waals surface area contributed by atoms with Crippen molar-refractivity contribution in [1.82, 2.24) is 13.9 Å². The summed E-state index contributed by atoms with van der Waals surface area (Å²) in [7, 11) is -2.02. The maximum atomic E-state index is 12.6. The monoisotopic (exact) mass is 288 g/mol. The summed E-state index contributed by atoms with van der Waals surface area (Å²) in [6, 6.07) is 0. The minimum atomic E-state index is -3.60. The van der Waals surface area contributed by atoms with Gasteiger partial charge in [-0.25, -0.2) is 13.4 Å². The Labute approximate surface area is 115 Å². The Bertz CT molecular complexity index is 497. The second-order valence-electron chi connectivity index (χ2n) is 4.65. The molecule has 6 nitrogen and oxygen atoms in total. The topological polar surface area (TPSA) is 81.2 Å². The summed E-state index contributed by atoms with van der Waals surface area (Å²) in [6.45, 7) is 6.82. The molecule has 110 valence electrons. The molecule has 0 unspecified atom stereocenters. The third-order valence-electron chi connectivity index (χ3n) is 3.96. The lowest BCUT2D eigenvalue weighted by atomic mass is 9.93. The number of hydrogen-bond acceptors (Lipinski definition) is 4. The molecule has 1 rings (SSSR count). The molecule has 0 aliphatic heterocycles. The molecule has 0 aliphatic carbocycles. The number of nitrogens with two attached hydrogens (primary N) is 1. The zero-order valence-electron chi connectivity index (χ0n) is 12.1. The van der Waals surface area contributed by atoms with Crippen LogP contribution >= 0.6 is 0 Å². The molecule has 0 saturated carbocycles. The normalized spacial score (nSPS) is 13.2. The summed E-state index contributed by atoms with van der Waals surface area (Å²) >= 11 is 0. The van der Waals surface area contributed by atoms with Gasteiger partial charge in [0.15, 0.2) is 5.03 Å². The van der Waals surface area contributed by atoms with E-state index in [-0.39, 0.29) is 5.03 Å². The maximum absolute atomic E-state index is 12.6. The second kappa shape index (κ2) is 6.02. The van der Waals surface area contributed by atoms with E-state index in [1.54, 1.807) is 17.8 Å². The summed E-state index contributed by atoms with van der Waals surface area (Å²) < 4.78 is 28.3. The van der Waals surface area contributed by atoms with Crippen molar-refractivity contribution in [2.24, 2.45) is 5.73 Å². The fourth-order valence-electron chi connectivity index (χ4n) is 2.15. The zero-order valence-corrected chi connectivity index (χ0v) is 12.9. The van der Waals surface area contributed by atoms with Gasteiger partial charge in [0.2, 0.25) is 0 Å². The number of aromatic nitrogens is 2. The summed E-state index contributed by atoms with van der Waals surface area (Å²) in [4.78, 5) is 3.99. The van der Waals surface area contributed by atoms with Crippen LogP contribution in [-0.4, -0.2) is 41.4 Å². The first kappa shape index (κ1) is 16.1. The fraction of sp³-hybridized carbons (Fsp3) is 0.750. The predicted molar refractivity (Wildman–Crippen MR) is 75.2 cm³/mol. The third kappa shape index (κ3) is 2.82. The number of imidazole rings is 1. The predicted octanol–water partition coefficient (Wildman–Crippen LogP) is 1.04. The van der Waals surface area contributed by atoms with Gasteiger partial charge in [0, 0.05) is 31.9 Å². The Morgan fingerprint density at radius 2 is 1.95 bits per heavy atom. The van der Waals surface area contributed by atoms with E-state index in [9.17, 15) is 8.42 Å². The van der Waals surface area contributed by atoms with Crippen LogP contribution in [-0.2, 0) is 16.6 Å². The van der Waals surface area contributed by atoms with Crippen molar-refractivity contribution < 1.29 is 8.42 Å². The molecule has 0 bridgehead atoms. The van der Waals surface area contributed by atoms with E-state index >= 15 is 0 Å². The number of hydrogen-bond donors (Lipinski definition) is 1. The molecule has 0 spiro atoms. The average Bonchev–Trinajstić information content (AvgIpc) is 2.90. The molecule has 1 aromatic rings. The number of sulfonamides is 1. The van der Waals surface area contributed by atoms with Gasteiger partial charge in [0.1, 0.15) is 0 Å². The van der Waals surface area contributed by atoms with Crippen LogP contribution < -0.4 is 5.73 Å². The molecule has 0 atom stereocenters. The second-order valence-corrected chi connectivity index (χ2v) is 6.57. The van der Waals surface area contributed by atoms with E-state index in [4.69, 9.17) is 5.73 Å². The highest BCUT2D eigenvalue weighted by molar-refractivity contribution is 7.89.